The Kier molecular flexibility index (Phi) is 6.52. The molecule has 0 spiro atoms. The molecule has 0 atom stereocenters. The highest BCUT2D eigenvalue weighted by molar-refractivity contribution is 7.92. The summed E-state index contributed by atoms with van der Waals surface area (Å²) >= 11 is 0. The van der Waals surface area contributed by atoms with Crippen LogP contribution in [0.1, 0.15) is 47.4 Å². The van der Waals surface area contributed by atoms with Crippen molar-refractivity contribution >= 4 is 27.4 Å². The van der Waals surface area contributed by atoms with Crippen molar-refractivity contribution in [3.63, 3.8) is 0 Å². The monoisotopic (exact) mass is 374 g/mol. The Hall–Kier alpha value is -2.67. The maximum atomic E-state index is 12.6. The number of benzene rings is 2. The van der Waals surface area contributed by atoms with E-state index < -0.39 is 10.0 Å². The Morgan fingerprint density at radius 3 is 2.38 bits per heavy atom. The average Bonchev–Trinajstić information content (AvgIpc) is 2.62. The zero-order chi connectivity index (χ0) is 19.2. The van der Waals surface area contributed by atoms with Gasteiger partial charge in [0.1, 0.15) is 0 Å². The van der Waals surface area contributed by atoms with E-state index in [0.717, 1.165) is 12.8 Å². The van der Waals surface area contributed by atoms with Crippen molar-refractivity contribution < 1.29 is 18.0 Å². The van der Waals surface area contributed by atoms with Crippen molar-refractivity contribution in [3.8, 4) is 0 Å². The van der Waals surface area contributed by atoms with Gasteiger partial charge in [-0.2, -0.15) is 0 Å². The third-order valence-electron chi connectivity index (χ3n) is 3.74. The minimum Gasteiger partial charge on any atom is -0.352 e. The lowest BCUT2D eigenvalue weighted by molar-refractivity contribution is 0.0952. The van der Waals surface area contributed by atoms with Gasteiger partial charge in [0.15, 0.2) is 5.78 Å². The van der Waals surface area contributed by atoms with Crippen LogP contribution >= 0.6 is 0 Å². The van der Waals surface area contributed by atoms with E-state index in [9.17, 15) is 18.0 Å². The van der Waals surface area contributed by atoms with Gasteiger partial charge in [-0.1, -0.05) is 31.5 Å². The minimum atomic E-state index is -3.88. The molecule has 2 aromatic rings. The van der Waals surface area contributed by atoms with E-state index in [4.69, 9.17) is 0 Å². The Bertz CT molecular complexity index is 907. The first-order valence-corrected chi connectivity index (χ1v) is 9.84. The second-order valence-electron chi connectivity index (χ2n) is 5.88. The minimum absolute atomic E-state index is 0.0196. The molecule has 0 unspecified atom stereocenters. The van der Waals surface area contributed by atoms with Crippen LogP contribution in [0.25, 0.3) is 0 Å². The SMILES string of the molecule is CCCCNC(=O)c1cccc(S(=O)(=O)Nc2cccc(C(C)=O)c2)c1. The standard InChI is InChI=1S/C19H22N2O4S/c1-3-4-11-20-19(23)16-8-6-10-18(13-16)26(24,25)21-17-9-5-7-15(12-17)14(2)22/h5-10,12-13,21H,3-4,11H2,1-2H3,(H,20,23). The lowest BCUT2D eigenvalue weighted by Gasteiger charge is -2.10. The van der Waals surface area contributed by atoms with Gasteiger partial charge in [0, 0.05) is 23.4 Å². The summed E-state index contributed by atoms with van der Waals surface area (Å²) in [6.45, 7) is 3.97. The van der Waals surface area contributed by atoms with Crippen LogP contribution in [0.2, 0.25) is 0 Å². The number of hydrogen-bond donors (Lipinski definition) is 2. The summed E-state index contributed by atoms with van der Waals surface area (Å²) in [5.74, 6) is -0.467. The van der Waals surface area contributed by atoms with Crippen LogP contribution < -0.4 is 10.0 Å². The molecule has 2 aromatic carbocycles. The van der Waals surface area contributed by atoms with E-state index in [-0.39, 0.29) is 27.8 Å². The first-order valence-electron chi connectivity index (χ1n) is 8.35. The van der Waals surface area contributed by atoms with Gasteiger partial charge in [-0.25, -0.2) is 8.42 Å². The largest absolute Gasteiger partial charge is 0.352 e. The molecular formula is C19H22N2O4S. The van der Waals surface area contributed by atoms with Crippen LogP contribution in [-0.2, 0) is 10.0 Å². The van der Waals surface area contributed by atoms with Crippen LogP contribution in [0.15, 0.2) is 53.4 Å². The number of unbranched alkanes of at least 4 members (excludes halogenated alkanes) is 1. The lowest BCUT2D eigenvalue weighted by atomic mass is 10.1. The highest BCUT2D eigenvalue weighted by Crippen LogP contribution is 2.18. The lowest BCUT2D eigenvalue weighted by Crippen LogP contribution is -2.24. The summed E-state index contributed by atoms with van der Waals surface area (Å²) in [7, 11) is -3.88. The third-order valence-corrected chi connectivity index (χ3v) is 5.12. The molecule has 26 heavy (non-hydrogen) atoms. The van der Waals surface area contributed by atoms with E-state index in [1.54, 1.807) is 24.3 Å². The number of amides is 1. The van der Waals surface area contributed by atoms with Crippen molar-refractivity contribution in [2.24, 2.45) is 0 Å². The normalized spacial score (nSPS) is 11.0. The third kappa shape index (κ3) is 5.16. The summed E-state index contributed by atoms with van der Waals surface area (Å²) < 4.78 is 27.6. The Morgan fingerprint density at radius 2 is 1.69 bits per heavy atom. The van der Waals surface area contributed by atoms with Gasteiger partial charge < -0.3 is 5.32 Å². The van der Waals surface area contributed by atoms with E-state index in [1.807, 2.05) is 6.92 Å². The molecule has 0 bridgehead atoms. The van der Waals surface area contributed by atoms with Crippen molar-refractivity contribution in [1.29, 1.82) is 0 Å². The van der Waals surface area contributed by atoms with Gasteiger partial charge in [-0.15, -0.1) is 0 Å². The van der Waals surface area contributed by atoms with Crippen LogP contribution in [0, 0.1) is 0 Å². The molecule has 2 N–H and O–H groups in total. The Morgan fingerprint density at radius 1 is 1.00 bits per heavy atom. The topological polar surface area (TPSA) is 92.3 Å². The fourth-order valence-electron chi connectivity index (χ4n) is 2.30. The maximum Gasteiger partial charge on any atom is 0.261 e. The van der Waals surface area contributed by atoms with E-state index in [0.29, 0.717) is 12.1 Å². The Labute approximate surface area is 153 Å². The van der Waals surface area contributed by atoms with Crippen molar-refractivity contribution in [2.45, 2.75) is 31.6 Å². The molecule has 7 heteroatoms. The van der Waals surface area contributed by atoms with E-state index in [2.05, 4.69) is 10.0 Å². The van der Waals surface area contributed by atoms with Crippen LogP contribution in [0.3, 0.4) is 0 Å². The molecule has 0 aliphatic heterocycles. The highest BCUT2D eigenvalue weighted by Gasteiger charge is 2.17. The average molecular weight is 374 g/mol. The second-order valence-corrected chi connectivity index (χ2v) is 7.56. The number of Topliss-reactive ketones (excluding diaryl/α,β-unsaturated/α-hetero) is 1. The van der Waals surface area contributed by atoms with Gasteiger partial charge in [0.2, 0.25) is 0 Å². The summed E-state index contributed by atoms with van der Waals surface area (Å²) in [6.07, 6.45) is 1.82. The molecule has 0 saturated carbocycles. The second kappa shape index (κ2) is 8.62. The zero-order valence-corrected chi connectivity index (χ0v) is 15.6. The molecule has 0 aliphatic rings. The number of anilines is 1. The molecule has 6 nitrogen and oxygen atoms in total. The number of hydrogen-bond acceptors (Lipinski definition) is 4. The summed E-state index contributed by atoms with van der Waals surface area (Å²) in [5.41, 5.74) is 0.978. The molecule has 0 radical (unpaired) electrons. The summed E-state index contributed by atoms with van der Waals surface area (Å²) in [4.78, 5) is 23.5. The molecule has 2 rings (SSSR count). The predicted molar refractivity (Wildman–Crippen MR) is 101 cm³/mol. The van der Waals surface area contributed by atoms with Gasteiger partial charge in [0.05, 0.1) is 4.90 Å². The zero-order valence-electron chi connectivity index (χ0n) is 14.8. The van der Waals surface area contributed by atoms with E-state index in [1.165, 1.54) is 31.2 Å². The van der Waals surface area contributed by atoms with Gasteiger partial charge >= 0.3 is 0 Å². The van der Waals surface area contributed by atoms with Gasteiger partial charge in [0.25, 0.3) is 15.9 Å². The molecule has 0 fully saturated rings. The van der Waals surface area contributed by atoms with Gasteiger partial charge in [-0.05, 0) is 43.7 Å². The first kappa shape index (κ1) is 19.7. The quantitative estimate of drug-likeness (QED) is 0.548. The number of nitrogens with one attached hydrogen (secondary N) is 2. The Balaban J connectivity index is 2.21. The number of rotatable bonds is 8. The van der Waals surface area contributed by atoms with Crippen LogP contribution in [0.4, 0.5) is 5.69 Å². The van der Waals surface area contributed by atoms with Gasteiger partial charge in [-0.3, -0.25) is 14.3 Å². The first-order chi connectivity index (χ1) is 12.3. The summed E-state index contributed by atoms with van der Waals surface area (Å²) in [5, 5.41) is 2.76. The number of carbonyl (C=O) groups is 2. The molecular weight excluding hydrogens is 352 g/mol. The molecule has 1 amide bonds. The maximum absolute atomic E-state index is 12.6. The number of carbonyl (C=O) groups excluding carboxylic acids is 2. The fraction of sp³-hybridized carbons (Fsp3) is 0.263. The van der Waals surface area contributed by atoms with Crippen molar-refractivity contribution in [3.05, 3.63) is 59.7 Å². The predicted octanol–water partition coefficient (Wildman–Crippen LogP) is 3.22. The molecule has 0 aliphatic carbocycles. The molecule has 0 heterocycles. The van der Waals surface area contributed by atoms with Crippen LogP contribution in [0.5, 0.6) is 0 Å². The number of sulfonamides is 1. The summed E-state index contributed by atoms with van der Waals surface area (Å²) in [6, 6.07) is 12.1. The number of ketones is 1. The molecule has 138 valence electrons. The highest BCUT2D eigenvalue weighted by atomic mass is 32.2. The van der Waals surface area contributed by atoms with E-state index >= 15 is 0 Å². The van der Waals surface area contributed by atoms with Crippen molar-refractivity contribution in [1.82, 2.24) is 5.32 Å². The molecule has 0 saturated heterocycles. The van der Waals surface area contributed by atoms with Crippen molar-refractivity contribution in [2.75, 3.05) is 11.3 Å². The van der Waals surface area contributed by atoms with Crippen LogP contribution in [-0.4, -0.2) is 26.7 Å². The molecule has 0 aromatic heterocycles. The smallest absolute Gasteiger partial charge is 0.261 e. The fourth-order valence-corrected chi connectivity index (χ4v) is 3.40.